The molecule has 1 aliphatic heterocycles. The molecule has 0 saturated carbocycles. The fourth-order valence-electron chi connectivity index (χ4n) is 4.22. The van der Waals surface area contributed by atoms with Crippen molar-refractivity contribution < 1.29 is 33.7 Å². The number of hydrogen-bond acceptors (Lipinski definition) is 7. The van der Waals surface area contributed by atoms with Crippen molar-refractivity contribution in [2.45, 2.75) is 58.1 Å². The molecule has 8 heteroatoms. The molecule has 0 aliphatic carbocycles. The zero-order valence-corrected chi connectivity index (χ0v) is 20.3. The molecule has 3 rings (SSSR count). The number of benzene rings is 2. The summed E-state index contributed by atoms with van der Waals surface area (Å²) in [7, 11) is 0. The van der Waals surface area contributed by atoms with Gasteiger partial charge in [-0.1, -0.05) is 24.3 Å². The molecule has 1 N–H and O–H groups in total. The van der Waals surface area contributed by atoms with Crippen molar-refractivity contribution in [3.8, 4) is 11.5 Å². The Labute approximate surface area is 205 Å². The van der Waals surface area contributed by atoms with Crippen LogP contribution >= 0.6 is 0 Å². The van der Waals surface area contributed by atoms with Gasteiger partial charge < -0.3 is 24.2 Å². The van der Waals surface area contributed by atoms with Gasteiger partial charge >= 0.3 is 11.9 Å². The van der Waals surface area contributed by atoms with Crippen LogP contribution < -0.4 is 9.47 Å². The van der Waals surface area contributed by atoms with Crippen molar-refractivity contribution in [1.29, 1.82) is 0 Å². The third-order valence-electron chi connectivity index (χ3n) is 5.91. The highest BCUT2D eigenvalue weighted by atomic mass is 16.5. The second-order valence-electron chi connectivity index (χ2n) is 8.57. The quantitative estimate of drug-likeness (QED) is 0.407. The van der Waals surface area contributed by atoms with Gasteiger partial charge in [-0.3, -0.25) is 9.59 Å². The van der Waals surface area contributed by atoms with Crippen LogP contribution in [0.5, 0.6) is 11.5 Å². The third kappa shape index (κ3) is 7.82. The number of rotatable bonds is 10. The Morgan fingerprint density at radius 3 is 2.51 bits per heavy atom. The van der Waals surface area contributed by atoms with E-state index in [1.807, 2.05) is 24.3 Å². The van der Waals surface area contributed by atoms with Crippen LogP contribution in [0.2, 0.25) is 0 Å². The van der Waals surface area contributed by atoms with E-state index >= 15 is 0 Å². The van der Waals surface area contributed by atoms with Crippen LogP contribution in [0.25, 0.3) is 0 Å². The molecule has 188 valence electrons. The predicted octanol–water partition coefficient (Wildman–Crippen LogP) is 3.60. The van der Waals surface area contributed by atoms with Gasteiger partial charge in [0.25, 0.3) is 0 Å². The van der Waals surface area contributed by atoms with Gasteiger partial charge in [0.2, 0.25) is 5.91 Å². The summed E-state index contributed by atoms with van der Waals surface area (Å²) in [5.74, 6) is 0.133. The molecular formula is C27H33NO7. The first kappa shape index (κ1) is 26.2. The van der Waals surface area contributed by atoms with Crippen LogP contribution in [-0.4, -0.2) is 53.7 Å². The van der Waals surface area contributed by atoms with Gasteiger partial charge in [-0.25, -0.2) is 4.79 Å². The van der Waals surface area contributed by atoms with E-state index in [0.717, 1.165) is 24.0 Å². The molecule has 0 spiro atoms. The van der Waals surface area contributed by atoms with E-state index in [-0.39, 0.29) is 25.1 Å². The molecule has 2 aromatic rings. The zero-order chi connectivity index (χ0) is 25.2. The second-order valence-corrected chi connectivity index (χ2v) is 8.57. The van der Waals surface area contributed by atoms with Gasteiger partial charge in [0.05, 0.1) is 6.61 Å². The number of aliphatic hydroxyl groups is 1. The first-order valence-electron chi connectivity index (χ1n) is 12.0. The summed E-state index contributed by atoms with van der Waals surface area (Å²) in [6, 6.07) is 13.9. The van der Waals surface area contributed by atoms with Crippen molar-refractivity contribution in [2.24, 2.45) is 0 Å². The molecule has 8 nitrogen and oxygen atoms in total. The van der Waals surface area contributed by atoms with E-state index in [4.69, 9.17) is 19.3 Å². The molecule has 1 fully saturated rings. The van der Waals surface area contributed by atoms with Crippen LogP contribution in [0.1, 0.15) is 56.8 Å². The summed E-state index contributed by atoms with van der Waals surface area (Å²) >= 11 is 0. The maximum Gasteiger partial charge on any atom is 0.329 e. The SMILES string of the molecule is CC(=O)Oc1ccc(CC[C@@H](OC(=O)[C@@H]2CCCCN2C(C)=O)c2cccc(OCCO)c2)cc1. The summed E-state index contributed by atoms with van der Waals surface area (Å²) in [4.78, 5) is 38.0. The normalized spacial score (nSPS) is 16.3. The number of amides is 1. The lowest BCUT2D eigenvalue weighted by atomic mass is 9.99. The van der Waals surface area contributed by atoms with E-state index in [9.17, 15) is 14.4 Å². The highest BCUT2D eigenvalue weighted by Crippen LogP contribution is 2.29. The summed E-state index contributed by atoms with van der Waals surface area (Å²) < 4.78 is 16.6. The monoisotopic (exact) mass is 483 g/mol. The molecule has 1 amide bonds. The number of aliphatic hydroxyl groups excluding tert-OH is 1. The second kappa shape index (κ2) is 12.9. The predicted molar refractivity (Wildman–Crippen MR) is 129 cm³/mol. The molecule has 0 unspecified atom stereocenters. The lowest BCUT2D eigenvalue weighted by Gasteiger charge is -2.34. The number of esters is 2. The van der Waals surface area contributed by atoms with Gasteiger partial charge in [-0.15, -0.1) is 0 Å². The van der Waals surface area contributed by atoms with Crippen molar-refractivity contribution >= 4 is 17.8 Å². The van der Waals surface area contributed by atoms with Crippen LogP contribution in [0, 0.1) is 0 Å². The van der Waals surface area contributed by atoms with Gasteiger partial charge in [-0.05, 0) is 67.5 Å². The van der Waals surface area contributed by atoms with Gasteiger partial charge in [-0.2, -0.15) is 0 Å². The fraction of sp³-hybridized carbons (Fsp3) is 0.444. The largest absolute Gasteiger partial charge is 0.491 e. The minimum absolute atomic E-state index is 0.103. The number of aryl methyl sites for hydroxylation is 1. The van der Waals surface area contributed by atoms with Gasteiger partial charge in [0.15, 0.2) is 0 Å². The lowest BCUT2D eigenvalue weighted by molar-refractivity contribution is -0.161. The van der Waals surface area contributed by atoms with Crippen molar-refractivity contribution in [1.82, 2.24) is 4.90 Å². The maximum absolute atomic E-state index is 13.2. The number of piperidine rings is 1. The molecule has 0 aromatic heterocycles. The molecule has 35 heavy (non-hydrogen) atoms. The minimum atomic E-state index is -0.583. The molecule has 2 aromatic carbocycles. The highest BCUT2D eigenvalue weighted by Gasteiger charge is 2.33. The smallest absolute Gasteiger partial charge is 0.329 e. The topological polar surface area (TPSA) is 102 Å². The standard InChI is InChI=1S/C27H33NO7/c1-19(30)28-15-4-3-8-25(28)27(32)35-26(22-6-5-7-24(18-22)33-17-16-29)14-11-21-9-12-23(13-10-21)34-20(2)31/h5-7,9-10,12-13,18,25-26,29H,3-4,8,11,14-17H2,1-2H3/t25-,26+/m0/s1. The number of carbonyl (C=O) groups is 3. The van der Waals surface area contributed by atoms with Crippen molar-refractivity contribution in [3.05, 3.63) is 59.7 Å². The molecule has 0 bridgehead atoms. The zero-order valence-electron chi connectivity index (χ0n) is 20.3. The highest BCUT2D eigenvalue weighted by molar-refractivity contribution is 5.83. The molecule has 2 atom stereocenters. The van der Waals surface area contributed by atoms with Crippen LogP contribution in [0.15, 0.2) is 48.5 Å². The third-order valence-corrected chi connectivity index (χ3v) is 5.91. The number of nitrogens with zero attached hydrogens (tertiary/aromatic N) is 1. The first-order valence-corrected chi connectivity index (χ1v) is 12.0. The number of likely N-dealkylation sites (tertiary alicyclic amines) is 1. The average Bonchev–Trinajstić information content (AvgIpc) is 2.85. The summed E-state index contributed by atoms with van der Waals surface area (Å²) in [5, 5.41) is 9.06. The summed E-state index contributed by atoms with van der Waals surface area (Å²) in [6.07, 6.45) is 2.90. The lowest BCUT2D eigenvalue weighted by Crippen LogP contribution is -2.48. The Morgan fingerprint density at radius 2 is 1.83 bits per heavy atom. The maximum atomic E-state index is 13.2. The number of ether oxygens (including phenoxy) is 3. The fourth-order valence-corrected chi connectivity index (χ4v) is 4.22. The van der Waals surface area contributed by atoms with Crippen LogP contribution in [0.3, 0.4) is 0 Å². The molecular weight excluding hydrogens is 450 g/mol. The first-order chi connectivity index (χ1) is 16.9. The van der Waals surface area contributed by atoms with Crippen molar-refractivity contribution in [2.75, 3.05) is 19.8 Å². The Kier molecular flexibility index (Phi) is 9.66. The van der Waals surface area contributed by atoms with Gasteiger partial charge in [0, 0.05) is 20.4 Å². The summed E-state index contributed by atoms with van der Waals surface area (Å²) in [5.41, 5.74) is 1.77. The van der Waals surface area contributed by atoms with Crippen molar-refractivity contribution in [3.63, 3.8) is 0 Å². The summed E-state index contributed by atoms with van der Waals surface area (Å²) in [6.45, 7) is 3.45. The molecule has 1 saturated heterocycles. The minimum Gasteiger partial charge on any atom is -0.491 e. The average molecular weight is 484 g/mol. The van der Waals surface area contributed by atoms with Crippen LogP contribution in [-0.2, 0) is 25.5 Å². The van der Waals surface area contributed by atoms with E-state index in [2.05, 4.69) is 0 Å². The van der Waals surface area contributed by atoms with E-state index in [1.54, 1.807) is 29.2 Å². The Bertz CT molecular complexity index is 1000. The van der Waals surface area contributed by atoms with Gasteiger partial charge in [0.1, 0.15) is 30.3 Å². The molecule has 0 radical (unpaired) electrons. The van der Waals surface area contributed by atoms with E-state index in [0.29, 0.717) is 37.3 Å². The van der Waals surface area contributed by atoms with E-state index < -0.39 is 18.1 Å². The van der Waals surface area contributed by atoms with Crippen LogP contribution in [0.4, 0.5) is 0 Å². The van der Waals surface area contributed by atoms with E-state index in [1.165, 1.54) is 13.8 Å². The Hall–Kier alpha value is -3.39. The molecule has 1 aliphatic rings. The Morgan fingerprint density at radius 1 is 1.06 bits per heavy atom. The number of hydrogen-bond donors (Lipinski definition) is 1. The number of carbonyl (C=O) groups excluding carboxylic acids is 3. The Balaban J connectivity index is 1.77. The molecule has 1 heterocycles.